The highest BCUT2D eigenvalue weighted by Gasteiger charge is 2.34. The van der Waals surface area contributed by atoms with Crippen molar-refractivity contribution in [2.75, 3.05) is 32.8 Å². The van der Waals surface area contributed by atoms with E-state index in [9.17, 15) is 9.59 Å². The van der Waals surface area contributed by atoms with E-state index in [1.807, 2.05) is 49.9 Å². The number of carbonyl (C=O) groups is 2. The van der Waals surface area contributed by atoms with Gasteiger partial charge in [-0.2, -0.15) is 0 Å². The maximum absolute atomic E-state index is 13.6. The highest BCUT2D eigenvalue weighted by molar-refractivity contribution is 7.10. The second kappa shape index (κ2) is 11.4. The molecule has 0 bridgehead atoms. The summed E-state index contributed by atoms with van der Waals surface area (Å²) in [6, 6.07) is 9.90. The molecule has 0 radical (unpaired) electrons. The monoisotopic (exact) mass is 484 g/mol. The number of benzene rings is 1. The molecule has 1 aromatic carbocycles. The summed E-state index contributed by atoms with van der Waals surface area (Å²) in [5.74, 6) is 1.09. The van der Waals surface area contributed by atoms with Gasteiger partial charge in [0.1, 0.15) is 12.4 Å². The van der Waals surface area contributed by atoms with Crippen molar-refractivity contribution in [2.24, 2.45) is 5.92 Å². The number of para-hydroxylation sites is 1. The Labute approximate surface area is 206 Å². The van der Waals surface area contributed by atoms with Crippen LogP contribution in [0, 0.1) is 12.8 Å². The van der Waals surface area contributed by atoms with Gasteiger partial charge < -0.3 is 19.3 Å². The first-order valence-corrected chi connectivity index (χ1v) is 13.2. The lowest BCUT2D eigenvalue weighted by Crippen LogP contribution is -2.49. The number of thiophene rings is 1. The number of fused-ring (bicyclic) bond motifs is 1. The molecule has 2 aliphatic heterocycles. The van der Waals surface area contributed by atoms with E-state index >= 15 is 0 Å². The number of ether oxygens (including phenoxy) is 2. The van der Waals surface area contributed by atoms with E-state index in [2.05, 4.69) is 11.4 Å². The summed E-state index contributed by atoms with van der Waals surface area (Å²) < 4.78 is 12.0. The molecule has 1 fully saturated rings. The van der Waals surface area contributed by atoms with Gasteiger partial charge in [-0.1, -0.05) is 32.0 Å². The van der Waals surface area contributed by atoms with Gasteiger partial charge in [0.15, 0.2) is 0 Å². The molecule has 34 heavy (non-hydrogen) atoms. The van der Waals surface area contributed by atoms with E-state index in [1.165, 1.54) is 4.88 Å². The molecule has 2 atom stereocenters. The third-order valence-electron chi connectivity index (χ3n) is 6.62. The molecule has 2 amide bonds. The number of carbonyl (C=O) groups excluding carboxylic acids is 2. The largest absolute Gasteiger partial charge is 0.491 e. The third-order valence-corrected chi connectivity index (χ3v) is 7.61. The molecule has 0 saturated carbocycles. The summed E-state index contributed by atoms with van der Waals surface area (Å²) in [5.41, 5.74) is 2.24. The number of aryl methyl sites for hydroxylation is 1. The molecule has 1 saturated heterocycles. The smallest absolute Gasteiger partial charge is 0.242 e. The number of hydrogen-bond donors (Lipinski definition) is 0. The topological polar surface area (TPSA) is 59.1 Å². The Bertz CT molecular complexity index is 983. The zero-order valence-electron chi connectivity index (χ0n) is 20.5. The third kappa shape index (κ3) is 5.99. The lowest BCUT2D eigenvalue weighted by Gasteiger charge is -2.37. The van der Waals surface area contributed by atoms with E-state index in [1.54, 1.807) is 16.2 Å². The molecule has 0 aliphatic carbocycles. The van der Waals surface area contributed by atoms with E-state index in [-0.39, 0.29) is 36.4 Å². The fourth-order valence-electron chi connectivity index (χ4n) is 4.78. The molecule has 6 nitrogen and oxygen atoms in total. The Morgan fingerprint density at radius 3 is 2.82 bits per heavy atom. The van der Waals surface area contributed by atoms with Crippen molar-refractivity contribution in [1.29, 1.82) is 0 Å². The average Bonchev–Trinajstić information content (AvgIpc) is 3.49. The first-order valence-electron chi connectivity index (χ1n) is 12.4. The Balaban J connectivity index is 1.50. The van der Waals surface area contributed by atoms with Crippen LogP contribution in [0.2, 0.25) is 0 Å². The zero-order valence-corrected chi connectivity index (χ0v) is 21.3. The van der Waals surface area contributed by atoms with Crippen LogP contribution >= 0.6 is 11.3 Å². The molecule has 7 heteroatoms. The van der Waals surface area contributed by atoms with Crippen molar-refractivity contribution in [2.45, 2.75) is 58.6 Å². The lowest BCUT2D eigenvalue weighted by atomic mass is 10.00. The van der Waals surface area contributed by atoms with Crippen molar-refractivity contribution in [3.8, 4) is 5.75 Å². The van der Waals surface area contributed by atoms with Crippen molar-refractivity contribution in [1.82, 2.24) is 9.80 Å². The van der Waals surface area contributed by atoms with Gasteiger partial charge in [0.2, 0.25) is 11.8 Å². The average molecular weight is 485 g/mol. The number of amides is 2. The van der Waals surface area contributed by atoms with Gasteiger partial charge in [-0.3, -0.25) is 9.59 Å². The van der Waals surface area contributed by atoms with Crippen LogP contribution in [0.3, 0.4) is 0 Å². The van der Waals surface area contributed by atoms with Crippen LogP contribution in [-0.4, -0.2) is 60.6 Å². The minimum absolute atomic E-state index is 0.0222. The van der Waals surface area contributed by atoms with Crippen molar-refractivity contribution < 1.29 is 19.1 Å². The molecular weight excluding hydrogens is 448 g/mol. The highest BCUT2D eigenvalue weighted by atomic mass is 32.1. The van der Waals surface area contributed by atoms with Crippen molar-refractivity contribution in [3.63, 3.8) is 0 Å². The Morgan fingerprint density at radius 1 is 1.26 bits per heavy atom. The molecule has 2 aliphatic rings. The highest BCUT2D eigenvalue weighted by Crippen LogP contribution is 2.34. The van der Waals surface area contributed by atoms with Crippen molar-refractivity contribution in [3.05, 3.63) is 51.7 Å². The van der Waals surface area contributed by atoms with E-state index in [0.29, 0.717) is 26.1 Å². The maximum Gasteiger partial charge on any atom is 0.242 e. The molecule has 0 spiro atoms. The first-order chi connectivity index (χ1) is 16.4. The minimum atomic E-state index is -0.160. The van der Waals surface area contributed by atoms with E-state index in [4.69, 9.17) is 9.47 Å². The van der Waals surface area contributed by atoms with Crippen LogP contribution in [0.1, 0.15) is 55.2 Å². The van der Waals surface area contributed by atoms with Gasteiger partial charge in [0, 0.05) is 31.0 Å². The maximum atomic E-state index is 13.6. The van der Waals surface area contributed by atoms with Crippen LogP contribution in [0.25, 0.3) is 0 Å². The number of nitrogens with zero attached hydrogens (tertiary/aromatic N) is 2. The van der Waals surface area contributed by atoms with Crippen LogP contribution in [-0.2, 0) is 20.7 Å². The van der Waals surface area contributed by atoms with Crippen LogP contribution in [0.5, 0.6) is 5.75 Å². The number of hydrogen-bond acceptors (Lipinski definition) is 5. The Kier molecular flexibility index (Phi) is 8.27. The molecule has 1 aromatic heterocycles. The van der Waals surface area contributed by atoms with Gasteiger partial charge in [-0.05, 0) is 60.7 Å². The summed E-state index contributed by atoms with van der Waals surface area (Å²) in [6.07, 6.45) is 3.25. The molecule has 4 rings (SSSR count). The van der Waals surface area contributed by atoms with Gasteiger partial charge in [0.05, 0.1) is 18.7 Å². The summed E-state index contributed by atoms with van der Waals surface area (Å²) in [5, 5.41) is 2.09. The van der Waals surface area contributed by atoms with E-state index in [0.717, 1.165) is 42.7 Å². The first kappa shape index (κ1) is 24.7. The predicted molar refractivity (Wildman–Crippen MR) is 134 cm³/mol. The zero-order chi connectivity index (χ0) is 24.1. The minimum Gasteiger partial charge on any atom is -0.491 e. The molecule has 2 aromatic rings. The molecule has 3 heterocycles. The van der Waals surface area contributed by atoms with Gasteiger partial charge in [-0.25, -0.2) is 0 Å². The van der Waals surface area contributed by atoms with Gasteiger partial charge in [0.25, 0.3) is 0 Å². The van der Waals surface area contributed by atoms with Crippen LogP contribution in [0.15, 0.2) is 35.7 Å². The van der Waals surface area contributed by atoms with Gasteiger partial charge >= 0.3 is 0 Å². The summed E-state index contributed by atoms with van der Waals surface area (Å²) in [6.45, 7) is 8.43. The fraction of sp³-hybridized carbons (Fsp3) is 0.556. The quantitative estimate of drug-likeness (QED) is 0.521. The predicted octanol–water partition coefficient (Wildman–Crippen LogP) is 4.62. The van der Waals surface area contributed by atoms with Gasteiger partial charge in [-0.15, -0.1) is 11.3 Å². The molecule has 0 N–H and O–H groups in total. The number of rotatable bonds is 9. The second-order valence-electron chi connectivity index (χ2n) is 9.74. The molecule has 184 valence electrons. The standard InChI is InChI=1S/C27H36N2O4S/c1-19(2)15-26(30)28(16-21-8-6-13-32-21)17-27(31)29-12-10-25-22(11-14-34-25)23(29)18-33-24-9-5-4-7-20(24)3/h4-5,7,9,11,14,19,21,23H,6,8,10,12-13,15-18H2,1-3H3/t21-,23-/m1/s1. The Morgan fingerprint density at radius 2 is 2.09 bits per heavy atom. The normalized spacial score (nSPS) is 19.8. The second-order valence-corrected chi connectivity index (χ2v) is 10.7. The SMILES string of the molecule is Cc1ccccc1OC[C@@H]1c2ccsc2CCN1C(=O)CN(C[C@H]1CCCO1)C(=O)CC(C)C. The Hall–Kier alpha value is -2.38. The fourth-order valence-corrected chi connectivity index (χ4v) is 5.71. The van der Waals surface area contributed by atoms with Crippen LogP contribution in [0.4, 0.5) is 0 Å². The van der Waals surface area contributed by atoms with Crippen molar-refractivity contribution >= 4 is 23.2 Å². The van der Waals surface area contributed by atoms with E-state index < -0.39 is 0 Å². The molecule has 0 unspecified atom stereocenters. The van der Waals surface area contributed by atoms with Crippen LogP contribution < -0.4 is 4.74 Å². The summed E-state index contributed by atoms with van der Waals surface area (Å²) >= 11 is 1.74. The molecular formula is C27H36N2O4S. The summed E-state index contributed by atoms with van der Waals surface area (Å²) in [4.78, 5) is 31.6. The summed E-state index contributed by atoms with van der Waals surface area (Å²) in [7, 11) is 0. The lowest BCUT2D eigenvalue weighted by molar-refractivity contribution is -0.144.